The van der Waals surface area contributed by atoms with Crippen LogP contribution in [-0.4, -0.2) is 49.9 Å². The lowest BCUT2D eigenvalue weighted by molar-refractivity contribution is -0.148. The number of hydrogen-bond acceptors (Lipinski definition) is 8. The summed E-state index contributed by atoms with van der Waals surface area (Å²) in [5, 5.41) is 11.9. The molecule has 0 saturated heterocycles. The van der Waals surface area contributed by atoms with Gasteiger partial charge in [-0.05, 0) is 32.9 Å². The Morgan fingerprint density at radius 3 is 2.96 bits per heavy atom. The molecule has 0 unspecified atom stereocenters. The van der Waals surface area contributed by atoms with Gasteiger partial charge in [-0.2, -0.15) is 4.68 Å². The van der Waals surface area contributed by atoms with Crippen LogP contribution in [0.2, 0.25) is 0 Å². The van der Waals surface area contributed by atoms with Crippen LogP contribution in [0.3, 0.4) is 0 Å². The molecule has 0 spiro atoms. The van der Waals surface area contributed by atoms with E-state index in [1.807, 2.05) is 18.2 Å². The Bertz CT molecular complexity index is 1070. The number of hydrogen-bond donors (Lipinski definition) is 1. The Kier molecular flexibility index (Phi) is 5.25. The molecule has 3 rings (SSSR count). The minimum Gasteiger partial charge on any atom is -0.463 e. The minimum atomic E-state index is -0.483. The average Bonchev–Trinajstić information content (AvgIpc) is 3.06. The van der Waals surface area contributed by atoms with E-state index in [1.54, 1.807) is 26.8 Å². The van der Waals surface area contributed by atoms with Gasteiger partial charge in [0.25, 0.3) is 5.56 Å². The molecule has 0 fully saturated rings. The molecular weight excluding hydrogens is 352 g/mol. The fourth-order valence-electron chi connectivity index (χ4n) is 2.41. The highest BCUT2D eigenvalue weighted by Gasteiger charge is 2.13. The van der Waals surface area contributed by atoms with E-state index in [0.717, 1.165) is 5.56 Å². The third kappa shape index (κ3) is 4.00. The van der Waals surface area contributed by atoms with E-state index < -0.39 is 5.97 Å². The second-order valence-electron chi connectivity index (χ2n) is 5.63. The normalized spacial score (nSPS) is 11.6. The van der Waals surface area contributed by atoms with Crippen LogP contribution >= 0.6 is 0 Å². The van der Waals surface area contributed by atoms with E-state index in [9.17, 15) is 9.59 Å². The van der Waals surface area contributed by atoms with Crippen molar-refractivity contribution < 1.29 is 14.4 Å². The smallest absolute Gasteiger partial charge is 0.347 e. The molecule has 2 aromatic heterocycles. The minimum absolute atomic E-state index is 0.161. The van der Waals surface area contributed by atoms with E-state index in [2.05, 4.69) is 25.4 Å². The lowest BCUT2D eigenvalue weighted by Gasteiger charge is -2.06. The van der Waals surface area contributed by atoms with Crippen LogP contribution in [-0.2, 0) is 14.4 Å². The summed E-state index contributed by atoms with van der Waals surface area (Å²) in [6.07, 6.45) is 0. The maximum atomic E-state index is 12.0. The summed E-state index contributed by atoms with van der Waals surface area (Å²) in [4.78, 5) is 35.2. The Morgan fingerprint density at radius 2 is 2.19 bits per heavy atom. The van der Waals surface area contributed by atoms with E-state index >= 15 is 0 Å². The molecule has 0 aliphatic carbocycles. The van der Waals surface area contributed by atoms with Crippen LogP contribution in [0.5, 0.6) is 0 Å². The number of aromatic amines is 1. The Balaban J connectivity index is 1.88. The Hall–Kier alpha value is -3.56. The van der Waals surface area contributed by atoms with Gasteiger partial charge in [0.05, 0.1) is 18.0 Å². The monoisotopic (exact) mass is 370 g/mol. The van der Waals surface area contributed by atoms with Crippen molar-refractivity contribution in [2.24, 2.45) is 5.16 Å². The molecule has 1 aromatic carbocycles. The zero-order valence-corrected chi connectivity index (χ0v) is 15.1. The number of fused-ring (bicyclic) bond motifs is 1. The second-order valence-corrected chi connectivity index (χ2v) is 5.63. The summed E-state index contributed by atoms with van der Waals surface area (Å²) in [6, 6.07) is 7.25. The van der Waals surface area contributed by atoms with Gasteiger partial charge in [-0.15, -0.1) is 5.10 Å². The number of ether oxygens (including phenoxy) is 1. The highest BCUT2D eigenvalue weighted by atomic mass is 16.7. The van der Waals surface area contributed by atoms with Gasteiger partial charge in [0.2, 0.25) is 6.61 Å². The maximum absolute atomic E-state index is 12.0. The standard InChI is InChI=1S/C17H18N6O4/c1-4-26-14(24)9-27-21-10(2)12-6-5-7-13(8-12)23-16-15(20-22-23)17(25)19-11(3)18-16/h5-8H,4,9H2,1-3H3,(H,18,19,25). The molecule has 27 heavy (non-hydrogen) atoms. The van der Waals surface area contributed by atoms with E-state index in [-0.39, 0.29) is 24.3 Å². The molecule has 0 radical (unpaired) electrons. The first-order valence-electron chi connectivity index (χ1n) is 8.25. The molecule has 3 aromatic rings. The van der Waals surface area contributed by atoms with Crippen molar-refractivity contribution in [3.63, 3.8) is 0 Å². The van der Waals surface area contributed by atoms with Crippen molar-refractivity contribution in [2.75, 3.05) is 13.2 Å². The summed E-state index contributed by atoms with van der Waals surface area (Å²) in [7, 11) is 0. The number of esters is 1. The van der Waals surface area contributed by atoms with Gasteiger partial charge in [0.15, 0.2) is 11.2 Å². The second kappa shape index (κ2) is 7.77. The molecule has 2 heterocycles. The lowest BCUT2D eigenvalue weighted by Crippen LogP contribution is -2.11. The molecule has 0 bridgehead atoms. The number of benzene rings is 1. The van der Waals surface area contributed by atoms with Gasteiger partial charge in [-0.25, -0.2) is 9.78 Å². The first-order valence-corrected chi connectivity index (χ1v) is 8.25. The first-order chi connectivity index (χ1) is 13.0. The molecule has 0 aliphatic rings. The van der Waals surface area contributed by atoms with E-state index in [1.165, 1.54) is 4.68 Å². The Labute approximate surface area is 153 Å². The van der Waals surface area contributed by atoms with Crippen molar-refractivity contribution in [2.45, 2.75) is 20.8 Å². The van der Waals surface area contributed by atoms with Gasteiger partial charge < -0.3 is 14.6 Å². The molecule has 10 heteroatoms. The van der Waals surface area contributed by atoms with Crippen LogP contribution in [0.1, 0.15) is 25.2 Å². The number of nitrogens with one attached hydrogen (secondary N) is 1. The third-order valence-electron chi connectivity index (χ3n) is 3.63. The van der Waals surface area contributed by atoms with E-state index in [0.29, 0.717) is 22.9 Å². The summed E-state index contributed by atoms with van der Waals surface area (Å²) in [5.74, 6) is -0.0131. The van der Waals surface area contributed by atoms with Crippen molar-refractivity contribution in [3.8, 4) is 5.69 Å². The molecule has 140 valence electrons. The predicted molar refractivity (Wildman–Crippen MR) is 96.8 cm³/mol. The van der Waals surface area contributed by atoms with Gasteiger partial charge in [0.1, 0.15) is 5.82 Å². The summed E-state index contributed by atoms with van der Waals surface area (Å²) < 4.78 is 6.25. The quantitative estimate of drug-likeness (QED) is 0.391. The average molecular weight is 370 g/mol. The van der Waals surface area contributed by atoms with Crippen LogP contribution < -0.4 is 5.56 Å². The molecule has 10 nitrogen and oxygen atoms in total. The van der Waals surface area contributed by atoms with Crippen molar-refractivity contribution >= 4 is 22.8 Å². The van der Waals surface area contributed by atoms with Gasteiger partial charge in [0, 0.05) is 5.56 Å². The van der Waals surface area contributed by atoms with Crippen molar-refractivity contribution in [3.05, 3.63) is 46.0 Å². The number of oxime groups is 1. The molecular formula is C17H18N6O4. The fourth-order valence-corrected chi connectivity index (χ4v) is 2.41. The van der Waals surface area contributed by atoms with Crippen molar-refractivity contribution in [1.29, 1.82) is 0 Å². The lowest BCUT2D eigenvalue weighted by atomic mass is 10.1. The molecule has 0 aliphatic heterocycles. The summed E-state index contributed by atoms with van der Waals surface area (Å²) >= 11 is 0. The van der Waals surface area contributed by atoms with Crippen molar-refractivity contribution in [1.82, 2.24) is 25.0 Å². The van der Waals surface area contributed by atoms with Gasteiger partial charge >= 0.3 is 5.97 Å². The van der Waals surface area contributed by atoms with Gasteiger partial charge in [-0.1, -0.05) is 22.5 Å². The highest BCUT2D eigenvalue weighted by molar-refractivity contribution is 5.98. The highest BCUT2D eigenvalue weighted by Crippen LogP contribution is 2.14. The topological polar surface area (TPSA) is 124 Å². The number of H-pyrrole nitrogens is 1. The van der Waals surface area contributed by atoms with Crippen LogP contribution in [0.15, 0.2) is 34.2 Å². The zero-order chi connectivity index (χ0) is 19.4. The summed E-state index contributed by atoms with van der Waals surface area (Å²) in [6.45, 7) is 5.18. The molecule has 0 amide bonds. The number of carbonyl (C=O) groups is 1. The predicted octanol–water partition coefficient (Wildman–Crippen LogP) is 1.12. The Morgan fingerprint density at radius 1 is 1.37 bits per heavy atom. The van der Waals surface area contributed by atoms with Gasteiger partial charge in [-0.3, -0.25) is 4.79 Å². The molecule has 0 atom stereocenters. The number of carbonyl (C=O) groups excluding carboxylic acids is 1. The number of nitrogens with zero attached hydrogens (tertiary/aromatic N) is 5. The van der Waals surface area contributed by atoms with E-state index in [4.69, 9.17) is 9.57 Å². The largest absolute Gasteiger partial charge is 0.463 e. The number of aryl methyl sites for hydroxylation is 1. The number of rotatable bonds is 6. The molecule has 1 N–H and O–H groups in total. The first kappa shape index (κ1) is 18.2. The fraction of sp³-hybridized carbons (Fsp3) is 0.294. The third-order valence-corrected chi connectivity index (χ3v) is 3.63. The number of aromatic nitrogens is 5. The maximum Gasteiger partial charge on any atom is 0.347 e. The summed E-state index contributed by atoms with van der Waals surface area (Å²) in [5.41, 5.74) is 2.15. The SMILES string of the molecule is CCOC(=O)CON=C(C)c1cccc(-n2nnc3c(=O)[nH]c(C)nc32)c1. The zero-order valence-electron chi connectivity index (χ0n) is 15.1. The van der Waals surface area contributed by atoms with Crippen LogP contribution in [0.25, 0.3) is 16.9 Å². The van der Waals surface area contributed by atoms with Crippen LogP contribution in [0.4, 0.5) is 0 Å². The van der Waals surface area contributed by atoms with Crippen LogP contribution in [0, 0.1) is 6.92 Å². The molecule has 0 saturated carbocycles.